The van der Waals surface area contributed by atoms with Crippen LogP contribution in [0.1, 0.15) is 51.1 Å². The highest BCUT2D eigenvalue weighted by atomic mass is 16.5. The van der Waals surface area contributed by atoms with E-state index in [9.17, 15) is 0 Å². The van der Waals surface area contributed by atoms with Gasteiger partial charge in [-0.25, -0.2) is 0 Å². The SMILES string of the molecule is CCNC(=NCC(c1cccc(OC)c1)N1CCCC1)NCC1CCCN(CC)C1. The molecule has 2 fully saturated rings. The van der Waals surface area contributed by atoms with E-state index in [2.05, 4.69) is 52.5 Å². The minimum atomic E-state index is 0.295. The first kappa shape index (κ1) is 22.9. The normalized spacial score (nSPS) is 22.1. The van der Waals surface area contributed by atoms with E-state index >= 15 is 0 Å². The molecule has 0 aromatic heterocycles. The van der Waals surface area contributed by atoms with Crippen molar-refractivity contribution in [1.82, 2.24) is 20.4 Å². The third-order valence-electron chi connectivity index (χ3n) is 6.44. The topological polar surface area (TPSA) is 52.1 Å². The molecule has 2 atom stereocenters. The molecule has 168 valence electrons. The van der Waals surface area contributed by atoms with Crippen LogP contribution in [0.15, 0.2) is 29.3 Å². The van der Waals surface area contributed by atoms with Crippen LogP contribution in [0.3, 0.4) is 0 Å². The summed E-state index contributed by atoms with van der Waals surface area (Å²) >= 11 is 0. The molecule has 2 unspecified atom stereocenters. The molecule has 0 aliphatic carbocycles. The first-order valence-corrected chi connectivity index (χ1v) is 11.9. The van der Waals surface area contributed by atoms with Crippen molar-refractivity contribution < 1.29 is 4.74 Å². The van der Waals surface area contributed by atoms with E-state index in [0.29, 0.717) is 12.0 Å². The molecule has 3 rings (SSSR count). The number of hydrogen-bond donors (Lipinski definition) is 2. The molecule has 2 aliphatic rings. The first-order valence-electron chi connectivity index (χ1n) is 11.9. The highest BCUT2D eigenvalue weighted by Crippen LogP contribution is 2.28. The Morgan fingerprint density at radius 1 is 1.17 bits per heavy atom. The number of piperidine rings is 1. The minimum Gasteiger partial charge on any atom is -0.497 e. The van der Waals surface area contributed by atoms with Crippen molar-refractivity contribution in [1.29, 1.82) is 0 Å². The third-order valence-corrected chi connectivity index (χ3v) is 6.44. The summed E-state index contributed by atoms with van der Waals surface area (Å²) in [6, 6.07) is 8.78. The third kappa shape index (κ3) is 6.61. The fourth-order valence-corrected chi connectivity index (χ4v) is 4.70. The van der Waals surface area contributed by atoms with Gasteiger partial charge in [-0.3, -0.25) is 9.89 Å². The van der Waals surface area contributed by atoms with Crippen molar-refractivity contribution in [2.45, 2.75) is 45.6 Å². The van der Waals surface area contributed by atoms with Gasteiger partial charge in [-0.2, -0.15) is 0 Å². The van der Waals surface area contributed by atoms with Crippen LogP contribution in [0, 0.1) is 5.92 Å². The lowest BCUT2D eigenvalue weighted by atomic mass is 9.98. The number of likely N-dealkylation sites (tertiary alicyclic amines) is 2. The maximum Gasteiger partial charge on any atom is 0.191 e. The number of benzene rings is 1. The van der Waals surface area contributed by atoms with E-state index in [-0.39, 0.29) is 0 Å². The monoisotopic (exact) mass is 415 g/mol. The molecule has 1 aromatic carbocycles. The maximum atomic E-state index is 5.47. The van der Waals surface area contributed by atoms with E-state index < -0.39 is 0 Å². The average Bonchev–Trinajstić information content (AvgIpc) is 3.32. The summed E-state index contributed by atoms with van der Waals surface area (Å²) in [6.07, 6.45) is 5.17. The van der Waals surface area contributed by atoms with Gasteiger partial charge < -0.3 is 20.3 Å². The lowest BCUT2D eigenvalue weighted by molar-refractivity contribution is 0.183. The van der Waals surface area contributed by atoms with Gasteiger partial charge in [0.15, 0.2) is 5.96 Å². The number of guanidine groups is 1. The van der Waals surface area contributed by atoms with Crippen LogP contribution in [0.25, 0.3) is 0 Å². The van der Waals surface area contributed by atoms with Crippen LogP contribution in [0.5, 0.6) is 5.75 Å². The summed E-state index contributed by atoms with van der Waals surface area (Å²) in [5, 5.41) is 7.07. The van der Waals surface area contributed by atoms with Crippen LogP contribution >= 0.6 is 0 Å². The molecule has 2 N–H and O–H groups in total. The van der Waals surface area contributed by atoms with Gasteiger partial charge in [0, 0.05) is 19.6 Å². The second-order valence-electron chi connectivity index (χ2n) is 8.54. The Balaban J connectivity index is 1.65. The maximum absolute atomic E-state index is 5.47. The minimum absolute atomic E-state index is 0.295. The van der Waals surface area contributed by atoms with Gasteiger partial charge in [-0.15, -0.1) is 0 Å². The fraction of sp³-hybridized carbons (Fsp3) is 0.708. The lowest BCUT2D eigenvalue weighted by Crippen LogP contribution is -2.44. The summed E-state index contributed by atoms with van der Waals surface area (Å²) in [6.45, 7) is 12.9. The first-order chi connectivity index (χ1) is 14.7. The number of nitrogens with one attached hydrogen (secondary N) is 2. The Kier molecular flexibility index (Phi) is 9.27. The van der Waals surface area contributed by atoms with Crippen molar-refractivity contribution in [3.63, 3.8) is 0 Å². The van der Waals surface area contributed by atoms with E-state index in [4.69, 9.17) is 9.73 Å². The summed E-state index contributed by atoms with van der Waals surface area (Å²) in [4.78, 5) is 10.1. The van der Waals surface area contributed by atoms with Gasteiger partial charge in [-0.05, 0) is 82.4 Å². The van der Waals surface area contributed by atoms with Gasteiger partial charge in [0.2, 0.25) is 0 Å². The standard InChI is InChI=1S/C24H41N5O/c1-4-25-24(26-17-20-10-9-13-28(5-2)19-20)27-18-23(29-14-6-7-15-29)21-11-8-12-22(16-21)30-3/h8,11-12,16,20,23H,4-7,9-10,13-15,17-19H2,1-3H3,(H2,25,26,27). The Labute approximate surface area is 183 Å². The zero-order valence-electron chi connectivity index (χ0n) is 19.2. The Morgan fingerprint density at radius 2 is 2.00 bits per heavy atom. The van der Waals surface area contributed by atoms with Crippen molar-refractivity contribution >= 4 is 5.96 Å². The second-order valence-corrected chi connectivity index (χ2v) is 8.54. The van der Waals surface area contributed by atoms with Gasteiger partial charge in [-0.1, -0.05) is 19.1 Å². The molecule has 6 heteroatoms. The van der Waals surface area contributed by atoms with Crippen LogP contribution in [-0.2, 0) is 0 Å². The van der Waals surface area contributed by atoms with E-state index in [1.165, 1.54) is 44.3 Å². The molecular weight excluding hydrogens is 374 g/mol. The van der Waals surface area contributed by atoms with Crippen molar-refractivity contribution in [2.24, 2.45) is 10.9 Å². The highest BCUT2D eigenvalue weighted by molar-refractivity contribution is 5.79. The van der Waals surface area contributed by atoms with Crippen LogP contribution in [0.2, 0.25) is 0 Å². The van der Waals surface area contributed by atoms with Crippen molar-refractivity contribution in [3.8, 4) is 5.75 Å². The van der Waals surface area contributed by atoms with Crippen molar-refractivity contribution in [3.05, 3.63) is 29.8 Å². The van der Waals surface area contributed by atoms with E-state index in [1.807, 2.05) is 6.07 Å². The molecule has 0 bridgehead atoms. The summed E-state index contributed by atoms with van der Waals surface area (Å²) in [5.41, 5.74) is 1.29. The summed E-state index contributed by atoms with van der Waals surface area (Å²) in [7, 11) is 1.74. The lowest BCUT2D eigenvalue weighted by Gasteiger charge is -2.32. The number of hydrogen-bond acceptors (Lipinski definition) is 4. The Bertz CT molecular complexity index is 659. The number of aliphatic imine (C=N–C) groups is 1. The van der Waals surface area contributed by atoms with Gasteiger partial charge >= 0.3 is 0 Å². The molecule has 2 heterocycles. The zero-order valence-corrected chi connectivity index (χ0v) is 19.2. The van der Waals surface area contributed by atoms with Crippen LogP contribution in [-0.4, -0.2) is 75.2 Å². The van der Waals surface area contributed by atoms with Gasteiger partial charge in [0.25, 0.3) is 0 Å². The molecule has 2 aliphatic heterocycles. The molecular formula is C24H41N5O. The smallest absolute Gasteiger partial charge is 0.191 e. The second kappa shape index (κ2) is 12.2. The number of ether oxygens (including phenoxy) is 1. The number of nitrogens with zero attached hydrogens (tertiary/aromatic N) is 3. The summed E-state index contributed by atoms with van der Waals surface area (Å²) < 4.78 is 5.47. The van der Waals surface area contributed by atoms with Gasteiger partial charge in [0.05, 0.1) is 19.7 Å². The molecule has 1 aromatic rings. The molecule has 0 radical (unpaired) electrons. The van der Waals surface area contributed by atoms with Gasteiger partial charge in [0.1, 0.15) is 5.75 Å². The van der Waals surface area contributed by atoms with E-state index in [0.717, 1.165) is 51.0 Å². The molecule has 2 saturated heterocycles. The molecule has 0 amide bonds. The highest BCUT2D eigenvalue weighted by Gasteiger charge is 2.24. The quantitative estimate of drug-likeness (QED) is 0.479. The molecule has 0 spiro atoms. The van der Waals surface area contributed by atoms with Crippen LogP contribution < -0.4 is 15.4 Å². The van der Waals surface area contributed by atoms with E-state index in [1.54, 1.807) is 7.11 Å². The largest absolute Gasteiger partial charge is 0.497 e. The Hall–Kier alpha value is -1.79. The average molecular weight is 416 g/mol. The fourth-order valence-electron chi connectivity index (χ4n) is 4.70. The molecule has 0 saturated carbocycles. The molecule has 6 nitrogen and oxygen atoms in total. The molecule has 30 heavy (non-hydrogen) atoms. The van der Waals surface area contributed by atoms with Crippen molar-refractivity contribution in [2.75, 3.05) is 59.5 Å². The zero-order chi connectivity index (χ0) is 21.2. The number of rotatable bonds is 9. The van der Waals surface area contributed by atoms with Crippen LogP contribution in [0.4, 0.5) is 0 Å². The Morgan fingerprint density at radius 3 is 2.73 bits per heavy atom. The predicted molar refractivity (Wildman–Crippen MR) is 125 cm³/mol. The predicted octanol–water partition coefficient (Wildman–Crippen LogP) is 3.12. The summed E-state index contributed by atoms with van der Waals surface area (Å²) in [5.74, 6) is 2.57. The number of methoxy groups -OCH3 is 1.